The fourth-order valence-electron chi connectivity index (χ4n) is 2.07. The van der Waals surface area contributed by atoms with Crippen LogP contribution in [-0.2, 0) is 0 Å². The minimum atomic E-state index is -0.164. The van der Waals surface area contributed by atoms with E-state index < -0.39 is 0 Å². The van der Waals surface area contributed by atoms with Crippen molar-refractivity contribution in [2.24, 2.45) is 5.84 Å². The van der Waals surface area contributed by atoms with Gasteiger partial charge in [0.15, 0.2) is 5.76 Å². The van der Waals surface area contributed by atoms with Gasteiger partial charge in [-0.15, -0.1) is 0 Å². The van der Waals surface area contributed by atoms with Crippen LogP contribution in [0.1, 0.15) is 0 Å². The maximum atomic E-state index is 12.4. The van der Waals surface area contributed by atoms with Crippen molar-refractivity contribution in [2.45, 2.75) is 0 Å². The lowest BCUT2D eigenvalue weighted by Crippen LogP contribution is -2.17. The number of hydrazine groups is 1. The van der Waals surface area contributed by atoms with Crippen LogP contribution in [0.25, 0.3) is 22.3 Å². The van der Waals surface area contributed by atoms with Crippen molar-refractivity contribution in [1.29, 1.82) is 0 Å². The third-order valence-electron chi connectivity index (χ3n) is 2.98. The lowest BCUT2D eigenvalue weighted by molar-refractivity contribution is 0.620. The van der Waals surface area contributed by atoms with Crippen LogP contribution in [0.15, 0.2) is 63.8 Å². The summed E-state index contributed by atoms with van der Waals surface area (Å²) in [6, 6.07) is 16.5. The van der Waals surface area contributed by atoms with Gasteiger partial charge in [0.25, 0.3) is 0 Å². The third kappa shape index (κ3) is 1.88. The van der Waals surface area contributed by atoms with Gasteiger partial charge in [-0.05, 0) is 12.1 Å². The highest BCUT2D eigenvalue weighted by Crippen LogP contribution is 2.28. The molecule has 1 aromatic heterocycles. The molecule has 0 spiro atoms. The van der Waals surface area contributed by atoms with E-state index in [9.17, 15) is 4.79 Å². The van der Waals surface area contributed by atoms with Crippen LogP contribution in [0, 0.1) is 0 Å². The first-order valence-electron chi connectivity index (χ1n) is 5.89. The van der Waals surface area contributed by atoms with Crippen molar-refractivity contribution < 1.29 is 4.42 Å². The van der Waals surface area contributed by atoms with Crippen LogP contribution in [0.4, 0.5) is 5.69 Å². The molecule has 0 aliphatic carbocycles. The number of hydrogen-bond donors (Lipinski definition) is 2. The Morgan fingerprint density at radius 1 is 0.947 bits per heavy atom. The number of nitrogen functional groups attached to an aromatic ring is 1. The van der Waals surface area contributed by atoms with E-state index in [1.807, 2.05) is 36.4 Å². The number of hydrogen-bond acceptors (Lipinski definition) is 4. The van der Waals surface area contributed by atoms with E-state index >= 15 is 0 Å². The van der Waals surface area contributed by atoms with E-state index in [1.165, 1.54) is 0 Å². The highest BCUT2D eigenvalue weighted by molar-refractivity contribution is 5.85. The lowest BCUT2D eigenvalue weighted by atomic mass is 10.1. The van der Waals surface area contributed by atoms with Gasteiger partial charge in [-0.25, -0.2) is 0 Å². The standard InChI is InChI=1S/C15H12N2O2/c16-17-13-14(18)11-8-4-5-9-12(11)19-15(13)10-6-2-1-3-7-10/h1-9,17H,16H2. The third-order valence-corrected chi connectivity index (χ3v) is 2.98. The molecule has 0 fully saturated rings. The lowest BCUT2D eigenvalue weighted by Gasteiger charge is -2.09. The molecular formula is C15H12N2O2. The molecule has 94 valence electrons. The Labute approximate surface area is 109 Å². The minimum Gasteiger partial charge on any atom is -0.454 e. The predicted molar refractivity (Wildman–Crippen MR) is 75.7 cm³/mol. The van der Waals surface area contributed by atoms with Gasteiger partial charge in [0, 0.05) is 5.56 Å². The van der Waals surface area contributed by atoms with Crippen LogP contribution in [0.2, 0.25) is 0 Å². The Hall–Kier alpha value is -2.59. The second kappa shape index (κ2) is 4.59. The second-order valence-corrected chi connectivity index (χ2v) is 4.14. The van der Waals surface area contributed by atoms with Crippen LogP contribution >= 0.6 is 0 Å². The van der Waals surface area contributed by atoms with Gasteiger partial charge >= 0.3 is 0 Å². The highest BCUT2D eigenvalue weighted by Gasteiger charge is 2.14. The molecule has 0 radical (unpaired) electrons. The molecule has 0 saturated carbocycles. The first-order valence-corrected chi connectivity index (χ1v) is 5.89. The van der Waals surface area contributed by atoms with Gasteiger partial charge in [0.05, 0.1) is 5.39 Å². The molecule has 4 nitrogen and oxygen atoms in total. The summed E-state index contributed by atoms with van der Waals surface area (Å²) in [6.07, 6.45) is 0. The van der Waals surface area contributed by atoms with Gasteiger partial charge < -0.3 is 9.84 Å². The van der Waals surface area contributed by atoms with Crippen molar-refractivity contribution in [3.63, 3.8) is 0 Å². The Morgan fingerprint density at radius 3 is 2.37 bits per heavy atom. The molecule has 1 heterocycles. The van der Waals surface area contributed by atoms with Crippen LogP contribution in [0.3, 0.4) is 0 Å². The molecule has 0 amide bonds. The Kier molecular flexibility index (Phi) is 2.78. The summed E-state index contributed by atoms with van der Waals surface area (Å²) in [4.78, 5) is 12.4. The summed E-state index contributed by atoms with van der Waals surface area (Å²) < 4.78 is 5.81. The molecule has 0 atom stereocenters. The largest absolute Gasteiger partial charge is 0.454 e. The molecule has 0 saturated heterocycles. The summed E-state index contributed by atoms with van der Waals surface area (Å²) in [6.45, 7) is 0. The smallest absolute Gasteiger partial charge is 0.217 e. The number of nitrogens with one attached hydrogen (secondary N) is 1. The molecule has 0 bridgehead atoms. The summed E-state index contributed by atoms with van der Waals surface area (Å²) >= 11 is 0. The van der Waals surface area contributed by atoms with Gasteiger partial charge in [0.1, 0.15) is 11.3 Å². The zero-order valence-electron chi connectivity index (χ0n) is 10.1. The van der Waals surface area contributed by atoms with Crippen molar-refractivity contribution in [3.8, 4) is 11.3 Å². The van der Waals surface area contributed by atoms with Crippen molar-refractivity contribution in [3.05, 3.63) is 64.8 Å². The fraction of sp³-hybridized carbons (Fsp3) is 0. The minimum absolute atomic E-state index is 0.164. The summed E-state index contributed by atoms with van der Waals surface area (Å²) in [5.41, 5.74) is 3.90. The number of nitrogens with two attached hydrogens (primary N) is 1. The van der Waals surface area contributed by atoms with Crippen LogP contribution < -0.4 is 16.7 Å². The maximum absolute atomic E-state index is 12.4. The van der Waals surface area contributed by atoms with E-state index in [2.05, 4.69) is 5.43 Å². The highest BCUT2D eigenvalue weighted by atomic mass is 16.3. The first-order chi connectivity index (χ1) is 9.31. The van der Waals surface area contributed by atoms with Crippen molar-refractivity contribution in [2.75, 3.05) is 5.43 Å². The van der Waals surface area contributed by atoms with Crippen molar-refractivity contribution in [1.82, 2.24) is 0 Å². The molecule has 4 heteroatoms. The van der Waals surface area contributed by atoms with E-state index in [4.69, 9.17) is 10.3 Å². The summed E-state index contributed by atoms with van der Waals surface area (Å²) in [5.74, 6) is 5.92. The van der Waals surface area contributed by atoms with Crippen molar-refractivity contribution >= 4 is 16.7 Å². The van der Waals surface area contributed by atoms with Crippen LogP contribution in [-0.4, -0.2) is 0 Å². The number of para-hydroxylation sites is 1. The van der Waals surface area contributed by atoms with Gasteiger partial charge in [-0.2, -0.15) is 0 Å². The number of anilines is 1. The molecule has 3 aromatic rings. The molecule has 0 aliphatic rings. The molecule has 3 N–H and O–H groups in total. The monoisotopic (exact) mass is 252 g/mol. The number of fused-ring (bicyclic) bond motifs is 1. The second-order valence-electron chi connectivity index (χ2n) is 4.14. The molecule has 0 unspecified atom stereocenters. The summed E-state index contributed by atoms with van der Waals surface area (Å²) in [5, 5.41) is 0.509. The first kappa shape index (κ1) is 11.5. The number of rotatable bonds is 2. The summed E-state index contributed by atoms with van der Waals surface area (Å²) in [7, 11) is 0. The Morgan fingerprint density at radius 2 is 1.63 bits per heavy atom. The number of benzene rings is 2. The topological polar surface area (TPSA) is 68.3 Å². The zero-order chi connectivity index (χ0) is 13.2. The molecular weight excluding hydrogens is 240 g/mol. The van der Waals surface area contributed by atoms with Gasteiger partial charge in [0.2, 0.25) is 5.43 Å². The van der Waals surface area contributed by atoms with Crippen LogP contribution in [0.5, 0.6) is 0 Å². The average molecular weight is 252 g/mol. The normalized spacial score (nSPS) is 10.6. The molecule has 3 rings (SSSR count). The van der Waals surface area contributed by atoms with E-state index in [1.54, 1.807) is 18.2 Å². The molecule has 19 heavy (non-hydrogen) atoms. The Balaban J connectivity index is 2.39. The SMILES string of the molecule is NNc1c(-c2ccccc2)oc2ccccc2c1=O. The van der Waals surface area contributed by atoms with E-state index in [-0.39, 0.29) is 11.1 Å². The predicted octanol–water partition coefficient (Wildman–Crippen LogP) is 2.75. The maximum Gasteiger partial charge on any atom is 0.217 e. The van der Waals surface area contributed by atoms with E-state index in [0.29, 0.717) is 16.7 Å². The molecule has 0 aliphatic heterocycles. The fourth-order valence-corrected chi connectivity index (χ4v) is 2.07. The average Bonchev–Trinajstić information content (AvgIpc) is 2.48. The molecule has 2 aromatic carbocycles. The quantitative estimate of drug-likeness (QED) is 0.543. The Bertz CT molecular complexity index is 779. The van der Waals surface area contributed by atoms with E-state index in [0.717, 1.165) is 5.56 Å². The zero-order valence-corrected chi connectivity index (χ0v) is 10.1. The van der Waals surface area contributed by atoms with Gasteiger partial charge in [-0.1, -0.05) is 42.5 Å². The van der Waals surface area contributed by atoms with Gasteiger partial charge in [-0.3, -0.25) is 10.6 Å².